The minimum atomic E-state index is -1.49. The third kappa shape index (κ3) is 2.93. The van der Waals surface area contributed by atoms with Gasteiger partial charge in [-0.15, -0.1) is 0 Å². The Balaban J connectivity index is 2.69. The fourth-order valence-electron chi connectivity index (χ4n) is 1.35. The van der Waals surface area contributed by atoms with Crippen LogP contribution >= 0.6 is 0 Å². The van der Waals surface area contributed by atoms with Gasteiger partial charge in [0.1, 0.15) is 18.0 Å². The Labute approximate surface area is 92.8 Å². The zero-order valence-electron chi connectivity index (χ0n) is 8.89. The summed E-state index contributed by atoms with van der Waals surface area (Å²) < 4.78 is 18.1. The molecule has 0 saturated carbocycles. The molecule has 1 rings (SSSR count). The lowest BCUT2D eigenvalue weighted by atomic mass is 10.0. The Hall–Kier alpha value is -1.62. The highest BCUT2D eigenvalue weighted by molar-refractivity contribution is 5.75. The smallest absolute Gasteiger partial charge is 0.322 e. The maximum absolute atomic E-state index is 13.7. The van der Waals surface area contributed by atoms with Crippen LogP contribution in [0.3, 0.4) is 0 Å². The maximum atomic E-state index is 13.7. The van der Waals surface area contributed by atoms with Crippen LogP contribution in [-0.2, 0) is 9.53 Å². The molecule has 1 aromatic carbocycles. The lowest BCUT2D eigenvalue weighted by Gasteiger charge is -2.14. The van der Waals surface area contributed by atoms with E-state index in [-0.39, 0.29) is 17.7 Å². The van der Waals surface area contributed by atoms with Crippen molar-refractivity contribution in [2.24, 2.45) is 5.73 Å². The predicted molar refractivity (Wildman–Crippen MR) is 56.6 cm³/mol. The minimum absolute atomic E-state index is 0.127. The fraction of sp³-hybridized carbons (Fsp3) is 0.364. The van der Waals surface area contributed by atoms with Crippen molar-refractivity contribution in [3.05, 3.63) is 29.8 Å². The summed E-state index contributed by atoms with van der Waals surface area (Å²) in [5.41, 5.74) is 5.55. The first-order valence-electron chi connectivity index (χ1n) is 4.81. The second kappa shape index (κ2) is 5.46. The van der Waals surface area contributed by atoms with E-state index in [4.69, 9.17) is 5.73 Å². The summed E-state index contributed by atoms with van der Waals surface area (Å²) in [6.45, 7) is 0. The molecule has 0 radical (unpaired) electrons. The molecule has 88 valence electrons. The number of carbonyl (C=O) groups is 1. The number of phenols is 1. The van der Waals surface area contributed by atoms with Crippen molar-refractivity contribution in [3.63, 3.8) is 0 Å². The van der Waals surface area contributed by atoms with Crippen molar-refractivity contribution < 1.29 is 19.0 Å². The Morgan fingerprint density at radius 3 is 2.75 bits per heavy atom. The van der Waals surface area contributed by atoms with E-state index < -0.39 is 18.2 Å². The summed E-state index contributed by atoms with van der Waals surface area (Å²) in [7, 11) is 1.19. The Morgan fingerprint density at radius 1 is 1.56 bits per heavy atom. The van der Waals surface area contributed by atoms with E-state index in [2.05, 4.69) is 4.74 Å². The number of ether oxygens (including phenoxy) is 1. The topological polar surface area (TPSA) is 72.5 Å². The van der Waals surface area contributed by atoms with Crippen LogP contribution in [0.1, 0.15) is 18.2 Å². The number of methoxy groups -OCH3 is 1. The number of hydrogen-bond donors (Lipinski definition) is 2. The molecule has 2 unspecified atom stereocenters. The molecule has 0 heterocycles. The van der Waals surface area contributed by atoms with E-state index in [1.165, 1.54) is 19.2 Å². The summed E-state index contributed by atoms with van der Waals surface area (Å²) in [4.78, 5) is 11.0. The van der Waals surface area contributed by atoms with Crippen molar-refractivity contribution in [3.8, 4) is 5.75 Å². The standard InChI is InChI=1S/C11H14FNO3/c1-16-11(15)9(13)6-8(12)7-4-2-3-5-10(7)14/h2-5,8-9,14H,6,13H2,1H3. The number of alkyl halides is 1. The third-order valence-electron chi connectivity index (χ3n) is 2.24. The van der Waals surface area contributed by atoms with E-state index in [0.29, 0.717) is 0 Å². The largest absolute Gasteiger partial charge is 0.508 e. The molecule has 1 aromatic rings. The maximum Gasteiger partial charge on any atom is 0.322 e. The van der Waals surface area contributed by atoms with Gasteiger partial charge in [-0.3, -0.25) is 4.79 Å². The predicted octanol–water partition coefficient (Wildman–Crippen LogP) is 1.29. The number of phenolic OH excluding ortho intramolecular Hbond substituents is 1. The Bertz CT molecular complexity index is 370. The quantitative estimate of drug-likeness (QED) is 0.760. The summed E-state index contributed by atoms with van der Waals surface area (Å²) in [5, 5.41) is 9.39. The summed E-state index contributed by atoms with van der Waals surface area (Å²) in [5.74, 6) is -0.815. The number of esters is 1. The van der Waals surface area contributed by atoms with Gasteiger partial charge in [0.05, 0.1) is 7.11 Å². The number of carbonyl (C=O) groups excluding carboxylic acids is 1. The number of aromatic hydroxyl groups is 1. The highest BCUT2D eigenvalue weighted by Gasteiger charge is 2.22. The van der Waals surface area contributed by atoms with Gasteiger partial charge in [0, 0.05) is 12.0 Å². The molecule has 2 atom stereocenters. The van der Waals surface area contributed by atoms with Gasteiger partial charge in [-0.25, -0.2) is 4.39 Å². The first-order chi connectivity index (χ1) is 7.56. The van der Waals surface area contributed by atoms with Gasteiger partial charge in [0.2, 0.25) is 0 Å². The number of para-hydroxylation sites is 1. The highest BCUT2D eigenvalue weighted by atomic mass is 19.1. The van der Waals surface area contributed by atoms with Crippen LogP contribution in [0.5, 0.6) is 5.75 Å². The highest BCUT2D eigenvalue weighted by Crippen LogP contribution is 2.29. The number of hydrogen-bond acceptors (Lipinski definition) is 4. The molecule has 0 saturated heterocycles. The van der Waals surface area contributed by atoms with E-state index in [9.17, 15) is 14.3 Å². The second-order valence-electron chi connectivity index (χ2n) is 3.39. The van der Waals surface area contributed by atoms with Crippen molar-refractivity contribution >= 4 is 5.97 Å². The molecule has 0 aromatic heterocycles. The summed E-state index contributed by atoms with van der Waals surface area (Å²) in [6, 6.07) is 4.99. The van der Waals surface area contributed by atoms with Gasteiger partial charge in [-0.05, 0) is 6.07 Å². The van der Waals surface area contributed by atoms with Crippen molar-refractivity contribution in [1.29, 1.82) is 0 Å². The van der Waals surface area contributed by atoms with Gasteiger partial charge >= 0.3 is 5.97 Å². The van der Waals surface area contributed by atoms with Crippen LogP contribution in [-0.4, -0.2) is 24.2 Å². The molecular weight excluding hydrogens is 213 g/mol. The number of nitrogens with two attached hydrogens (primary N) is 1. The van der Waals surface area contributed by atoms with Crippen LogP contribution in [0.4, 0.5) is 4.39 Å². The lowest BCUT2D eigenvalue weighted by Crippen LogP contribution is -2.32. The van der Waals surface area contributed by atoms with E-state index in [0.717, 1.165) is 0 Å². The summed E-state index contributed by atoms with van der Waals surface area (Å²) >= 11 is 0. The van der Waals surface area contributed by atoms with E-state index in [1.54, 1.807) is 12.1 Å². The molecular formula is C11H14FNO3. The molecule has 0 fully saturated rings. The zero-order chi connectivity index (χ0) is 12.1. The number of benzene rings is 1. The minimum Gasteiger partial charge on any atom is -0.508 e. The SMILES string of the molecule is COC(=O)C(N)CC(F)c1ccccc1O. The van der Waals surface area contributed by atoms with Gasteiger partial charge < -0.3 is 15.6 Å². The van der Waals surface area contributed by atoms with Gasteiger partial charge in [-0.2, -0.15) is 0 Å². The first-order valence-corrected chi connectivity index (χ1v) is 4.81. The monoisotopic (exact) mass is 227 g/mol. The Kier molecular flexibility index (Phi) is 4.25. The first kappa shape index (κ1) is 12.4. The molecule has 3 N–H and O–H groups in total. The van der Waals surface area contributed by atoms with Crippen LogP contribution in [0, 0.1) is 0 Å². The second-order valence-corrected chi connectivity index (χ2v) is 3.39. The molecule has 0 aliphatic heterocycles. The fourth-order valence-corrected chi connectivity index (χ4v) is 1.35. The van der Waals surface area contributed by atoms with Gasteiger partial charge in [0.25, 0.3) is 0 Å². The molecule has 0 bridgehead atoms. The zero-order valence-corrected chi connectivity index (χ0v) is 8.89. The van der Waals surface area contributed by atoms with Crippen molar-refractivity contribution in [1.82, 2.24) is 0 Å². The third-order valence-corrected chi connectivity index (χ3v) is 2.24. The van der Waals surface area contributed by atoms with Crippen LogP contribution in [0.25, 0.3) is 0 Å². The molecule has 0 aliphatic carbocycles. The molecule has 4 nitrogen and oxygen atoms in total. The number of halogens is 1. The average Bonchev–Trinajstić information content (AvgIpc) is 2.28. The van der Waals surface area contributed by atoms with E-state index in [1.807, 2.05) is 0 Å². The van der Waals surface area contributed by atoms with Gasteiger partial charge in [0.15, 0.2) is 0 Å². The summed E-state index contributed by atoms with van der Waals surface area (Å²) in [6.07, 6.45) is -1.71. The van der Waals surface area contributed by atoms with Crippen molar-refractivity contribution in [2.45, 2.75) is 18.6 Å². The molecule has 16 heavy (non-hydrogen) atoms. The average molecular weight is 227 g/mol. The molecule has 5 heteroatoms. The van der Waals surface area contributed by atoms with Crippen LogP contribution in [0.2, 0.25) is 0 Å². The number of rotatable bonds is 4. The Morgan fingerprint density at radius 2 is 2.19 bits per heavy atom. The molecule has 0 spiro atoms. The normalized spacial score (nSPS) is 14.2. The molecule has 0 amide bonds. The van der Waals surface area contributed by atoms with Crippen LogP contribution < -0.4 is 5.73 Å². The van der Waals surface area contributed by atoms with E-state index >= 15 is 0 Å². The lowest BCUT2D eigenvalue weighted by molar-refractivity contribution is -0.142. The van der Waals surface area contributed by atoms with Gasteiger partial charge in [-0.1, -0.05) is 18.2 Å². The van der Waals surface area contributed by atoms with Crippen LogP contribution in [0.15, 0.2) is 24.3 Å². The molecule has 0 aliphatic rings. The van der Waals surface area contributed by atoms with Crippen molar-refractivity contribution in [2.75, 3.05) is 7.11 Å².